The molecule has 1 amide bonds. The highest BCUT2D eigenvalue weighted by atomic mass is 19.1. The first-order valence-corrected chi connectivity index (χ1v) is 13.3. The molecule has 41 heavy (non-hydrogen) atoms. The summed E-state index contributed by atoms with van der Waals surface area (Å²) in [5.74, 6) is -1.71. The number of aromatic amines is 1. The van der Waals surface area contributed by atoms with Crippen LogP contribution in [0.3, 0.4) is 0 Å². The van der Waals surface area contributed by atoms with Crippen LogP contribution in [0.15, 0.2) is 54.6 Å². The van der Waals surface area contributed by atoms with Gasteiger partial charge < -0.3 is 34.3 Å². The van der Waals surface area contributed by atoms with Gasteiger partial charge in [0.05, 0.1) is 43.0 Å². The molecule has 2 unspecified atom stereocenters. The molecular formula is C30H27F2N3O6. The Morgan fingerprint density at radius 1 is 1.02 bits per heavy atom. The molecule has 4 heterocycles. The molecule has 3 fully saturated rings. The Balaban J connectivity index is 1.09. The summed E-state index contributed by atoms with van der Waals surface area (Å²) in [6.07, 6.45) is -2.23. The summed E-state index contributed by atoms with van der Waals surface area (Å²) in [5, 5.41) is 19.8. The first-order valence-electron chi connectivity index (χ1n) is 13.3. The number of H-pyrrole nitrogens is 1. The van der Waals surface area contributed by atoms with Gasteiger partial charge in [-0.25, -0.2) is 8.78 Å². The summed E-state index contributed by atoms with van der Waals surface area (Å²) in [6, 6.07) is 15.0. The van der Waals surface area contributed by atoms with Crippen LogP contribution in [-0.4, -0.2) is 87.3 Å². The molecule has 3 saturated heterocycles. The molecule has 0 spiro atoms. The average Bonchev–Trinajstić information content (AvgIpc) is 3.64. The predicted octanol–water partition coefficient (Wildman–Crippen LogP) is 3.29. The molecule has 0 saturated carbocycles. The highest BCUT2D eigenvalue weighted by Crippen LogP contribution is 2.35. The number of imidazole rings is 1. The molecule has 3 aliphatic heterocycles. The quantitative estimate of drug-likeness (QED) is 0.341. The van der Waals surface area contributed by atoms with Gasteiger partial charge in [0.2, 0.25) is 0 Å². The van der Waals surface area contributed by atoms with Crippen molar-refractivity contribution >= 4 is 16.9 Å². The minimum atomic E-state index is -0.834. The number of aliphatic hydroxyl groups is 2. The van der Waals surface area contributed by atoms with Gasteiger partial charge in [0.15, 0.2) is 11.9 Å². The number of ether oxygens (including phenoxy) is 3. The number of likely N-dealkylation sites (tertiary alicyclic amines) is 1. The van der Waals surface area contributed by atoms with E-state index >= 15 is 8.78 Å². The first-order chi connectivity index (χ1) is 19.7. The van der Waals surface area contributed by atoms with E-state index in [1.807, 2.05) is 12.1 Å². The molecule has 0 aliphatic carbocycles. The number of nitrogens with zero attached hydrogens (tertiary/aromatic N) is 2. The van der Waals surface area contributed by atoms with E-state index in [9.17, 15) is 15.0 Å². The maximum absolute atomic E-state index is 15.6. The Morgan fingerprint density at radius 3 is 2.34 bits per heavy atom. The van der Waals surface area contributed by atoms with Crippen LogP contribution in [0.1, 0.15) is 17.3 Å². The van der Waals surface area contributed by atoms with Gasteiger partial charge in [-0.2, -0.15) is 4.98 Å². The lowest BCUT2D eigenvalue weighted by atomic mass is 9.95. The summed E-state index contributed by atoms with van der Waals surface area (Å²) in [4.78, 5) is 21.2. The third-order valence-corrected chi connectivity index (χ3v) is 7.88. The third-order valence-electron chi connectivity index (χ3n) is 7.88. The number of hydrogen-bond acceptors (Lipinski definition) is 7. The van der Waals surface area contributed by atoms with E-state index in [-0.39, 0.29) is 41.7 Å². The van der Waals surface area contributed by atoms with E-state index in [2.05, 4.69) is 9.97 Å². The zero-order valence-corrected chi connectivity index (χ0v) is 22.0. The van der Waals surface area contributed by atoms with Crippen molar-refractivity contribution in [2.45, 2.75) is 36.9 Å². The molecule has 212 valence electrons. The number of rotatable bonds is 5. The average molecular weight is 564 g/mol. The zero-order chi connectivity index (χ0) is 28.5. The van der Waals surface area contributed by atoms with Crippen molar-refractivity contribution in [2.24, 2.45) is 0 Å². The molecule has 4 aromatic rings. The van der Waals surface area contributed by atoms with Crippen molar-refractivity contribution < 1.29 is 38.0 Å². The lowest BCUT2D eigenvalue weighted by molar-refractivity contribution is -0.0668. The van der Waals surface area contributed by atoms with Crippen molar-refractivity contribution in [3.8, 4) is 28.3 Å². The van der Waals surface area contributed by atoms with Gasteiger partial charge in [0, 0.05) is 11.6 Å². The van der Waals surface area contributed by atoms with E-state index in [0.29, 0.717) is 24.2 Å². The fraction of sp³-hybridized carbons (Fsp3) is 0.333. The van der Waals surface area contributed by atoms with Gasteiger partial charge in [0.25, 0.3) is 11.9 Å². The van der Waals surface area contributed by atoms with Crippen LogP contribution in [0.2, 0.25) is 0 Å². The lowest BCUT2D eigenvalue weighted by Crippen LogP contribution is -2.61. The summed E-state index contributed by atoms with van der Waals surface area (Å²) in [5.41, 5.74) is 1.56. The molecule has 3 N–H and O–H groups in total. The maximum Gasteiger partial charge on any atom is 0.295 e. The van der Waals surface area contributed by atoms with E-state index in [1.54, 1.807) is 48.2 Å². The molecule has 3 aromatic carbocycles. The number of halogens is 2. The highest BCUT2D eigenvalue weighted by molar-refractivity contribution is 5.95. The largest absolute Gasteiger partial charge is 0.456 e. The Hall–Kier alpha value is -3.90. The number of aromatic nitrogens is 2. The number of fused-ring (bicyclic) bond motifs is 2. The van der Waals surface area contributed by atoms with Gasteiger partial charge in [-0.15, -0.1) is 0 Å². The van der Waals surface area contributed by atoms with Crippen molar-refractivity contribution in [1.29, 1.82) is 0 Å². The second-order valence-electron chi connectivity index (χ2n) is 11.1. The smallest absolute Gasteiger partial charge is 0.295 e. The van der Waals surface area contributed by atoms with Crippen LogP contribution < -0.4 is 4.74 Å². The number of benzene rings is 3. The van der Waals surface area contributed by atoms with Gasteiger partial charge in [-0.05, 0) is 35.7 Å². The molecule has 7 rings (SSSR count). The second-order valence-corrected chi connectivity index (χ2v) is 11.1. The number of aliphatic hydroxyl groups excluding tert-OH is 1. The van der Waals surface area contributed by atoms with Gasteiger partial charge in [-0.3, -0.25) is 4.79 Å². The van der Waals surface area contributed by atoms with Crippen LogP contribution in [0, 0.1) is 11.6 Å². The summed E-state index contributed by atoms with van der Waals surface area (Å²) in [7, 11) is 0. The van der Waals surface area contributed by atoms with Crippen LogP contribution in [0.4, 0.5) is 8.78 Å². The van der Waals surface area contributed by atoms with Crippen LogP contribution in [0.5, 0.6) is 6.01 Å². The molecular weight excluding hydrogens is 536 g/mol. The third kappa shape index (κ3) is 4.55. The minimum Gasteiger partial charge on any atom is -0.456 e. The fourth-order valence-corrected chi connectivity index (χ4v) is 5.80. The molecule has 9 nitrogen and oxygen atoms in total. The standard InChI is InChI=1S/C30H27F2N3O6/c1-30(38)13-35(14-30)28(37)18-8-4-16(5-9-18)15-2-6-17(7-3-15)23-19(31)10-20-25(24(23)32)34-29(33-20)41-22-12-40-26-21(36)11-39-27(22)26/h2-10,21-22,26-27,36,38H,11-14H2,1H3,(H,33,34)/t21-,22-,26?,27?/m0/s1. The van der Waals surface area contributed by atoms with Crippen molar-refractivity contribution in [3.05, 3.63) is 71.8 Å². The first kappa shape index (κ1) is 26.0. The molecule has 11 heteroatoms. The second kappa shape index (κ2) is 9.59. The van der Waals surface area contributed by atoms with Gasteiger partial charge in [0.1, 0.15) is 29.6 Å². The highest BCUT2D eigenvalue weighted by Gasteiger charge is 2.48. The molecule has 1 aromatic heterocycles. The van der Waals surface area contributed by atoms with E-state index in [4.69, 9.17) is 14.2 Å². The lowest BCUT2D eigenvalue weighted by Gasteiger charge is -2.44. The van der Waals surface area contributed by atoms with Crippen molar-refractivity contribution in [3.63, 3.8) is 0 Å². The van der Waals surface area contributed by atoms with Crippen LogP contribution >= 0.6 is 0 Å². The Bertz CT molecular complexity index is 1630. The van der Waals surface area contributed by atoms with Crippen molar-refractivity contribution in [2.75, 3.05) is 26.3 Å². The number of hydrogen-bond donors (Lipinski definition) is 3. The molecule has 3 aliphatic rings. The Kier molecular flexibility index (Phi) is 6.09. The summed E-state index contributed by atoms with van der Waals surface area (Å²) in [6.45, 7) is 2.62. The molecule has 4 atom stereocenters. The molecule has 0 radical (unpaired) electrons. The van der Waals surface area contributed by atoms with Crippen LogP contribution in [0.25, 0.3) is 33.3 Å². The summed E-state index contributed by atoms with van der Waals surface area (Å²) < 4.78 is 47.7. The normalized spacial score (nSPS) is 24.9. The maximum atomic E-state index is 15.6. The number of carbonyl (C=O) groups excluding carboxylic acids is 1. The number of carbonyl (C=O) groups is 1. The van der Waals surface area contributed by atoms with Crippen molar-refractivity contribution in [1.82, 2.24) is 14.9 Å². The minimum absolute atomic E-state index is 0.00598. The van der Waals surface area contributed by atoms with Crippen LogP contribution in [-0.2, 0) is 9.47 Å². The van der Waals surface area contributed by atoms with E-state index < -0.39 is 41.7 Å². The Morgan fingerprint density at radius 2 is 1.66 bits per heavy atom. The van der Waals surface area contributed by atoms with Gasteiger partial charge in [-0.1, -0.05) is 36.4 Å². The van der Waals surface area contributed by atoms with Gasteiger partial charge >= 0.3 is 0 Å². The monoisotopic (exact) mass is 563 g/mol. The zero-order valence-electron chi connectivity index (χ0n) is 22.0. The Labute approximate surface area is 233 Å². The van der Waals surface area contributed by atoms with E-state index in [1.165, 1.54) is 6.07 Å². The SMILES string of the molecule is CC1(O)CN(C(=O)c2ccc(-c3ccc(-c4c(F)cc5[nH]c(O[C@H]6COC7C6OC[C@@H]7O)nc5c4F)cc3)cc2)C1. The van der Waals surface area contributed by atoms with E-state index in [0.717, 1.165) is 11.1 Å². The topological polar surface area (TPSA) is 117 Å². The summed E-state index contributed by atoms with van der Waals surface area (Å²) >= 11 is 0. The number of nitrogens with one attached hydrogen (secondary N) is 1. The predicted molar refractivity (Wildman–Crippen MR) is 143 cm³/mol. The fourth-order valence-electron chi connectivity index (χ4n) is 5.80. The number of amides is 1. The number of β-amino-alcohol motifs (C(OH)–C–C–N with tert-alkyl or cyclic N) is 1. The molecule has 0 bridgehead atoms.